The molecule has 0 spiro atoms. The van der Waals surface area contributed by atoms with E-state index in [1.165, 1.54) is 11.1 Å². The zero-order chi connectivity index (χ0) is 13.7. The first-order valence-electron chi connectivity index (χ1n) is 6.10. The molecular formula is C15H15BrN2O. The van der Waals surface area contributed by atoms with E-state index in [0.29, 0.717) is 12.2 Å². The van der Waals surface area contributed by atoms with Crippen LogP contribution >= 0.6 is 15.9 Å². The van der Waals surface area contributed by atoms with Gasteiger partial charge in [-0.1, -0.05) is 45.8 Å². The van der Waals surface area contributed by atoms with E-state index < -0.39 is 0 Å². The van der Waals surface area contributed by atoms with Crippen LogP contribution in [0.3, 0.4) is 0 Å². The van der Waals surface area contributed by atoms with Gasteiger partial charge >= 0.3 is 0 Å². The van der Waals surface area contributed by atoms with Crippen LogP contribution in [0.5, 0.6) is 0 Å². The molecule has 1 aromatic carbocycles. The maximum atomic E-state index is 11.8. The predicted molar refractivity (Wildman–Crippen MR) is 80.1 cm³/mol. The van der Waals surface area contributed by atoms with E-state index in [1.54, 1.807) is 12.3 Å². The quantitative estimate of drug-likeness (QED) is 0.933. The summed E-state index contributed by atoms with van der Waals surface area (Å²) in [5.41, 5.74) is 2.40. The third-order valence-corrected chi connectivity index (χ3v) is 3.24. The molecule has 0 bridgehead atoms. The number of anilines is 1. The fourth-order valence-corrected chi connectivity index (χ4v) is 2.03. The molecule has 4 heteroatoms. The number of benzene rings is 1. The van der Waals surface area contributed by atoms with Crippen molar-refractivity contribution in [3.8, 4) is 0 Å². The van der Waals surface area contributed by atoms with Gasteiger partial charge in [-0.15, -0.1) is 0 Å². The first kappa shape index (κ1) is 13.7. The molecule has 0 aliphatic rings. The van der Waals surface area contributed by atoms with Crippen LogP contribution in [0.1, 0.15) is 17.5 Å². The van der Waals surface area contributed by atoms with Gasteiger partial charge in [-0.2, -0.15) is 0 Å². The summed E-state index contributed by atoms with van der Waals surface area (Å²) < 4.78 is 0.899. The summed E-state index contributed by atoms with van der Waals surface area (Å²) in [4.78, 5) is 15.9. The summed E-state index contributed by atoms with van der Waals surface area (Å²) >= 11 is 3.34. The van der Waals surface area contributed by atoms with Crippen molar-refractivity contribution in [1.29, 1.82) is 0 Å². The van der Waals surface area contributed by atoms with Crippen molar-refractivity contribution in [2.45, 2.75) is 19.8 Å². The third kappa shape index (κ3) is 4.48. The van der Waals surface area contributed by atoms with Crippen molar-refractivity contribution >= 4 is 27.7 Å². The smallest absolute Gasteiger partial charge is 0.225 e. The Bertz CT molecular complexity index is 567. The molecule has 0 radical (unpaired) electrons. The van der Waals surface area contributed by atoms with E-state index in [9.17, 15) is 4.79 Å². The summed E-state index contributed by atoms with van der Waals surface area (Å²) in [5, 5.41) is 2.78. The average Bonchev–Trinajstić information content (AvgIpc) is 2.38. The molecule has 98 valence electrons. The van der Waals surface area contributed by atoms with E-state index in [0.717, 1.165) is 10.9 Å². The Morgan fingerprint density at radius 3 is 2.68 bits per heavy atom. The lowest BCUT2D eigenvalue weighted by Crippen LogP contribution is -2.13. The van der Waals surface area contributed by atoms with E-state index in [2.05, 4.69) is 57.4 Å². The molecule has 1 amide bonds. The van der Waals surface area contributed by atoms with Crippen LogP contribution in [0, 0.1) is 6.92 Å². The van der Waals surface area contributed by atoms with Gasteiger partial charge < -0.3 is 5.32 Å². The lowest BCUT2D eigenvalue weighted by Gasteiger charge is -2.05. The molecule has 19 heavy (non-hydrogen) atoms. The molecule has 0 unspecified atom stereocenters. The highest BCUT2D eigenvalue weighted by Crippen LogP contribution is 2.13. The molecule has 0 atom stereocenters. The number of hydrogen-bond acceptors (Lipinski definition) is 2. The van der Waals surface area contributed by atoms with Gasteiger partial charge in [0.1, 0.15) is 5.82 Å². The van der Waals surface area contributed by atoms with Crippen molar-refractivity contribution in [2.75, 3.05) is 5.32 Å². The summed E-state index contributed by atoms with van der Waals surface area (Å²) in [7, 11) is 0. The van der Waals surface area contributed by atoms with Gasteiger partial charge in [-0.25, -0.2) is 4.98 Å². The summed E-state index contributed by atoms with van der Waals surface area (Å²) in [6.45, 7) is 2.05. The second-order valence-corrected chi connectivity index (χ2v) is 5.31. The Hall–Kier alpha value is -1.68. The highest BCUT2D eigenvalue weighted by molar-refractivity contribution is 9.10. The van der Waals surface area contributed by atoms with Crippen molar-refractivity contribution in [3.63, 3.8) is 0 Å². The predicted octanol–water partition coefficient (Wildman–Crippen LogP) is 3.72. The molecule has 0 fully saturated rings. The Kier molecular flexibility index (Phi) is 4.68. The van der Waals surface area contributed by atoms with Gasteiger partial charge in [0, 0.05) is 17.1 Å². The number of pyridine rings is 1. The number of aryl methyl sites for hydroxylation is 2. The van der Waals surface area contributed by atoms with Gasteiger partial charge in [0.15, 0.2) is 0 Å². The standard InChI is InChI=1S/C15H15BrN2O/c1-11-2-4-12(5-3-11)6-7-15(19)18-14-10-13(16)8-9-17-14/h2-5,8-10H,6-7H2,1H3,(H,17,18,19). The lowest BCUT2D eigenvalue weighted by molar-refractivity contribution is -0.116. The topological polar surface area (TPSA) is 42.0 Å². The molecular weight excluding hydrogens is 304 g/mol. The SMILES string of the molecule is Cc1ccc(CCC(=O)Nc2cc(Br)ccn2)cc1. The molecule has 3 nitrogen and oxygen atoms in total. The maximum absolute atomic E-state index is 11.8. The molecule has 2 rings (SSSR count). The van der Waals surface area contributed by atoms with Gasteiger partial charge in [-0.05, 0) is 31.0 Å². The summed E-state index contributed by atoms with van der Waals surface area (Å²) in [6, 6.07) is 11.8. The number of aromatic nitrogens is 1. The Morgan fingerprint density at radius 1 is 1.26 bits per heavy atom. The zero-order valence-corrected chi connectivity index (χ0v) is 12.3. The Balaban J connectivity index is 1.86. The second kappa shape index (κ2) is 6.48. The van der Waals surface area contributed by atoms with Crippen molar-refractivity contribution in [2.24, 2.45) is 0 Å². The molecule has 2 aromatic rings. The van der Waals surface area contributed by atoms with Crippen LogP contribution in [-0.2, 0) is 11.2 Å². The molecule has 0 saturated carbocycles. The van der Waals surface area contributed by atoms with Gasteiger partial charge in [0.2, 0.25) is 5.91 Å². The highest BCUT2D eigenvalue weighted by atomic mass is 79.9. The average molecular weight is 319 g/mol. The highest BCUT2D eigenvalue weighted by Gasteiger charge is 2.04. The molecule has 1 heterocycles. The fourth-order valence-electron chi connectivity index (χ4n) is 1.69. The van der Waals surface area contributed by atoms with E-state index in [4.69, 9.17) is 0 Å². The monoisotopic (exact) mass is 318 g/mol. The maximum Gasteiger partial charge on any atom is 0.225 e. The van der Waals surface area contributed by atoms with Gasteiger partial charge in [0.25, 0.3) is 0 Å². The fraction of sp³-hybridized carbons (Fsp3) is 0.200. The number of nitrogens with one attached hydrogen (secondary N) is 1. The van der Waals surface area contributed by atoms with Crippen molar-refractivity contribution in [1.82, 2.24) is 4.98 Å². The van der Waals surface area contributed by atoms with Gasteiger partial charge in [0.05, 0.1) is 0 Å². The van der Waals surface area contributed by atoms with E-state index in [-0.39, 0.29) is 5.91 Å². The second-order valence-electron chi connectivity index (χ2n) is 4.39. The molecule has 1 N–H and O–H groups in total. The number of amides is 1. The van der Waals surface area contributed by atoms with Crippen molar-refractivity contribution < 1.29 is 4.79 Å². The van der Waals surface area contributed by atoms with E-state index >= 15 is 0 Å². The van der Waals surface area contributed by atoms with Crippen LogP contribution in [0.4, 0.5) is 5.82 Å². The first-order valence-corrected chi connectivity index (χ1v) is 6.90. The number of rotatable bonds is 4. The van der Waals surface area contributed by atoms with Crippen LogP contribution in [-0.4, -0.2) is 10.9 Å². The number of carbonyl (C=O) groups is 1. The third-order valence-electron chi connectivity index (χ3n) is 2.75. The minimum atomic E-state index is -0.0221. The number of halogens is 1. The first-order chi connectivity index (χ1) is 9.13. The lowest BCUT2D eigenvalue weighted by atomic mass is 10.1. The molecule has 0 aliphatic carbocycles. The summed E-state index contributed by atoms with van der Waals surface area (Å²) in [6.07, 6.45) is 2.84. The molecule has 1 aromatic heterocycles. The minimum absolute atomic E-state index is 0.0221. The number of nitrogens with zero attached hydrogens (tertiary/aromatic N) is 1. The van der Waals surface area contributed by atoms with Crippen LogP contribution in [0.15, 0.2) is 47.1 Å². The van der Waals surface area contributed by atoms with Crippen LogP contribution in [0.2, 0.25) is 0 Å². The number of carbonyl (C=O) groups excluding carboxylic acids is 1. The van der Waals surface area contributed by atoms with Gasteiger partial charge in [-0.3, -0.25) is 4.79 Å². The summed E-state index contributed by atoms with van der Waals surface area (Å²) in [5.74, 6) is 0.550. The van der Waals surface area contributed by atoms with Crippen LogP contribution < -0.4 is 5.32 Å². The van der Waals surface area contributed by atoms with Crippen molar-refractivity contribution in [3.05, 3.63) is 58.2 Å². The normalized spacial score (nSPS) is 10.2. The Labute approximate surface area is 121 Å². The molecule has 0 saturated heterocycles. The van der Waals surface area contributed by atoms with Crippen LogP contribution in [0.25, 0.3) is 0 Å². The largest absolute Gasteiger partial charge is 0.311 e. The minimum Gasteiger partial charge on any atom is -0.311 e. The Morgan fingerprint density at radius 2 is 2.00 bits per heavy atom. The number of hydrogen-bond donors (Lipinski definition) is 1. The zero-order valence-electron chi connectivity index (χ0n) is 10.7. The molecule has 0 aliphatic heterocycles. The van der Waals surface area contributed by atoms with E-state index in [1.807, 2.05) is 6.07 Å².